The standard InChI is InChI=1S/C16H19N3O2/c1-12-4-2-3-5-15(12)16(21)18-10-13-6-8-17-19(13)9-7-14(18)11-20/h2-6,8,14,20H,7,9-11H2,1H3/t14-/m1/s1. The van der Waals surface area contributed by atoms with Crippen LogP contribution in [0.25, 0.3) is 0 Å². The van der Waals surface area contributed by atoms with Gasteiger partial charge in [-0.3, -0.25) is 9.48 Å². The van der Waals surface area contributed by atoms with Crippen molar-refractivity contribution in [1.29, 1.82) is 0 Å². The molecule has 0 bridgehead atoms. The maximum atomic E-state index is 12.9. The van der Waals surface area contributed by atoms with Gasteiger partial charge in [-0.25, -0.2) is 0 Å². The Morgan fingerprint density at radius 1 is 1.38 bits per heavy atom. The van der Waals surface area contributed by atoms with Crippen LogP contribution in [0.5, 0.6) is 0 Å². The monoisotopic (exact) mass is 285 g/mol. The van der Waals surface area contributed by atoms with Gasteiger partial charge in [-0.15, -0.1) is 0 Å². The summed E-state index contributed by atoms with van der Waals surface area (Å²) < 4.78 is 1.91. The first-order valence-electron chi connectivity index (χ1n) is 7.19. The number of aliphatic hydroxyl groups is 1. The van der Waals surface area contributed by atoms with Gasteiger partial charge in [0.05, 0.1) is 24.9 Å². The van der Waals surface area contributed by atoms with Crippen LogP contribution in [0.3, 0.4) is 0 Å². The quantitative estimate of drug-likeness (QED) is 0.911. The van der Waals surface area contributed by atoms with Gasteiger partial charge in [0.25, 0.3) is 5.91 Å². The van der Waals surface area contributed by atoms with Crippen molar-refractivity contribution in [3.05, 3.63) is 53.3 Å². The van der Waals surface area contributed by atoms with Gasteiger partial charge in [0.1, 0.15) is 0 Å². The van der Waals surface area contributed by atoms with Crippen molar-refractivity contribution in [3.8, 4) is 0 Å². The van der Waals surface area contributed by atoms with Crippen molar-refractivity contribution in [2.75, 3.05) is 6.61 Å². The minimum atomic E-state index is -0.168. The molecule has 0 aliphatic carbocycles. The molecule has 1 atom stereocenters. The van der Waals surface area contributed by atoms with Gasteiger partial charge in [0, 0.05) is 18.3 Å². The average Bonchev–Trinajstić information content (AvgIpc) is 2.86. The second-order valence-electron chi connectivity index (χ2n) is 5.42. The predicted octanol–water partition coefficient (Wildman–Crippen LogP) is 1.60. The number of amides is 1. The normalized spacial score (nSPS) is 18.2. The second-order valence-corrected chi connectivity index (χ2v) is 5.42. The number of hydrogen-bond donors (Lipinski definition) is 1. The molecule has 1 aliphatic rings. The Balaban J connectivity index is 1.94. The van der Waals surface area contributed by atoms with E-state index in [1.807, 2.05) is 41.9 Å². The van der Waals surface area contributed by atoms with Crippen molar-refractivity contribution >= 4 is 5.91 Å². The maximum Gasteiger partial charge on any atom is 0.254 e. The van der Waals surface area contributed by atoms with Gasteiger partial charge in [0.2, 0.25) is 0 Å². The van der Waals surface area contributed by atoms with Crippen molar-refractivity contribution < 1.29 is 9.90 Å². The Morgan fingerprint density at radius 3 is 2.95 bits per heavy atom. The first kappa shape index (κ1) is 13.8. The Bertz CT molecular complexity index is 650. The fraction of sp³-hybridized carbons (Fsp3) is 0.375. The minimum absolute atomic E-state index is 0.0253. The van der Waals surface area contributed by atoms with Gasteiger partial charge >= 0.3 is 0 Å². The summed E-state index contributed by atoms with van der Waals surface area (Å²) in [5.74, 6) is -0.0261. The zero-order valence-corrected chi connectivity index (χ0v) is 12.1. The molecule has 110 valence electrons. The number of aryl methyl sites for hydroxylation is 2. The zero-order valence-electron chi connectivity index (χ0n) is 12.1. The van der Waals surface area contributed by atoms with E-state index in [1.165, 1.54) is 0 Å². The molecular weight excluding hydrogens is 266 g/mol. The summed E-state index contributed by atoms with van der Waals surface area (Å²) in [6, 6.07) is 9.33. The van der Waals surface area contributed by atoms with Crippen molar-refractivity contribution in [2.24, 2.45) is 0 Å². The van der Waals surface area contributed by atoms with Gasteiger partial charge in [-0.05, 0) is 31.0 Å². The third-order valence-corrected chi connectivity index (χ3v) is 4.10. The van der Waals surface area contributed by atoms with E-state index in [2.05, 4.69) is 5.10 Å². The number of fused-ring (bicyclic) bond motifs is 1. The van der Waals surface area contributed by atoms with Crippen molar-refractivity contribution in [3.63, 3.8) is 0 Å². The number of rotatable bonds is 2. The summed E-state index contributed by atoms with van der Waals surface area (Å²) in [6.07, 6.45) is 2.47. The van der Waals surface area contributed by atoms with Crippen LogP contribution in [0.1, 0.15) is 28.0 Å². The summed E-state index contributed by atoms with van der Waals surface area (Å²) in [5.41, 5.74) is 2.66. The largest absolute Gasteiger partial charge is 0.394 e. The van der Waals surface area contributed by atoms with Gasteiger partial charge in [-0.2, -0.15) is 5.10 Å². The van der Waals surface area contributed by atoms with Gasteiger partial charge < -0.3 is 10.0 Å². The first-order chi connectivity index (χ1) is 10.2. The van der Waals surface area contributed by atoms with E-state index in [0.717, 1.165) is 17.8 Å². The Kier molecular flexibility index (Phi) is 3.75. The molecule has 0 saturated heterocycles. The molecule has 3 rings (SSSR count). The van der Waals surface area contributed by atoms with Crippen LogP contribution in [-0.4, -0.2) is 38.3 Å². The highest BCUT2D eigenvalue weighted by molar-refractivity contribution is 5.95. The van der Waals surface area contributed by atoms with Crippen LogP contribution >= 0.6 is 0 Å². The third-order valence-electron chi connectivity index (χ3n) is 4.10. The summed E-state index contributed by atoms with van der Waals surface area (Å²) in [6.45, 7) is 3.12. The molecule has 2 aromatic rings. The molecule has 0 spiro atoms. The molecule has 0 saturated carbocycles. The molecule has 1 amide bonds. The molecule has 5 nitrogen and oxygen atoms in total. The summed E-state index contributed by atoms with van der Waals surface area (Å²) >= 11 is 0. The number of carbonyl (C=O) groups excluding carboxylic acids is 1. The SMILES string of the molecule is Cc1ccccc1C(=O)N1Cc2ccnn2CC[C@@H]1CO. The third kappa shape index (κ3) is 2.56. The number of nitrogens with zero attached hydrogens (tertiary/aromatic N) is 3. The van der Waals surface area contributed by atoms with Crippen LogP contribution in [0, 0.1) is 6.92 Å². The van der Waals surface area contributed by atoms with Crippen molar-refractivity contribution in [1.82, 2.24) is 14.7 Å². The van der Waals surface area contributed by atoms with Crippen molar-refractivity contribution in [2.45, 2.75) is 32.5 Å². The maximum absolute atomic E-state index is 12.9. The highest BCUT2D eigenvalue weighted by Crippen LogP contribution is 2.21. The highest BCUT2D eigenvalue weighted by Gasteiger charge is 2.28. The first-order valence-corrected chi connectivity index (χ1v) is 7.19. The predicted molar refractivity (Wildman–Crippen MR) is 78.8 cm³/mol. The molecule has 2 heterocycles. The zero-order chi connectivity index (χ0) is 14.8. The van der Waals surface area contributed by atoms with E-state index in [4.69, 9.17) is 0 Å². The smallest absolute Gasteiger partial charge is 0.254 e. The molecule has 1 aliphatic heterocycles. The minimum Gasteiger partial charge on any atom is -0.394 e. The molecule has 21 heavy (non-hydrogen) atoms. The fourth-order valence-electron chi connectivity index (χ4n) is 2.82. The van der Waals surface area contributed by atoms with E-state index in [-0.39, 0.29) is 18.6 Å². The van der Waals surface area contributed by atoms with Crippen LogP contribution in [-0.2, 0) is 13.1 Å². The van der Waals surface area contributed by atoms with E-state index in [0.29, 0.717) is 18.5 Å². The summed E-state index contributed by atoms with van der Waals surface area (Å²) in [5, 5.41) is 13.9. The number of carbonyl (C=O) groups is 1. The van der Waals surface area contributed by atoms with Gasteiger partial charge in [-0.1, -0.05) is 18.2 Å². The molecule has 5 heteroatoms. The lowest BCUT2D eigenvalue weighted by Crippen LogP contribution is -2.41. The Labute approximate surface area is 123 Å². The number of aromatic nitrogens is 2. The molecule has 1 N–H and O–H groups in total. The lowest BCUT2D eigenvalue weighted by atomic mass is 10.1. The number of benzene rings is 1. The second kappa shape index (κ2) is 5.69. The fourth-order valence-corrected chi connectivity index (χ4v) is 2.82. The van der Waals surface area contributed by atoms with E-state index >= 15 is 0 Å². The molecular formula is C16H19N3O2. The Morgan fingerprint density at radius 2 is 2.19 bits per heavy atom. The molecule has 1 aromatic carbocycles. The van der Waals surface area contributed by atoms with Crippen LogP contribution < -0.4 is 0 Å². The lowest BCUT2D eigenvalue weighted by Gasteiger charge is -2.28. The summed E-state index contributed by atoms with van der Waals surface area (Å²) in [4.78, 5) is 14.6. The lowest BCUT2D eigenvalue weighted by molar-refractivity contribution is 0.0567. The number of aliphatic hydroxyl groups excluding tert-OH is 1. The van der Waals surface area contributed by atoms with E-state index in [9.17, 15) is 9.90 Å². The Hall–Kier alpha value is -2.14. The number of hydrogen-bond acceptors (Lipinski definition) is 3. The summed E-state index contributed by atoms with van der Waals surface area (Å²) in [7, 11) is 0. The molecule has 1 aromatic heterocycles. The topological polar surface area (TPSA) is 58.4 Å². The highest BCUT2D eigenvalue weighted by atomic mass is 16.3. The molecule has 0 unspecified atom stereocenters. The van der Waals surface area contributed by atoms with Crippen LogP contribution in [0.4, 0.5) is 0 Å². The van der Waals surface area contributed by atoms with Crippen LogP contribution in [0.2, 0.25) is 0 Å². The molecule has 0 fully saturated rings. The van der Waals surface area contributed by atoms with E-state index < -0.39 is 0 Å². The van der Waals surface area contributed by atoms with Crippen LogP contribution in [0.15, 0.2) is 36.5 Å². The van der Waals surface area contributed by atoms with E-state index in [1.54, 1.807) is 11.1 Å². The molecule has 0 radical (unpaired) electrons. The average molecular weight is 285 g/mol. The van der Waals surface area contributed by atoms with Gasteiger partial charge in [0.15, 0.2) is 0 Å².